The highest BCUT2D eigenvalue weighted by molar-refractivity contribution is 5.96. The van der Waals surface area contributed by atoms with Crippen LogP contribution in [0, 0.1) is 23.7 Å². The van der Waals surface area contributed by atoms with Gasteiger partial charge in [-0.15, -0.1) is 0 Å². The highest BCUT2D eigenvalue weighted by atomic mass is 19.4. The van der Waals surface area contributed by atoms with Crippen molar-refractivity contribution in [1.29, 1.82) is 0 Å². The van der Waals surface area contributed by atoms with Crippen molar-refractivity contribution in [2.24, 2.45) is 23.7 Å². The lowest BCUT2D eigenvalue weighted by molar-refractivity contribution is -0.172. The third-order valence-electron chi connectivity index (χ3n) is 5.93. The van der Waals surface area contributed by atoms with Gasteiger partial charge in [-0.3, -0.25) is 9.59 Å². The Bertz CT molecular complexity index is 738. The fourth-order valence-corrected chi connectivity index (χ4v) is 4.29. The largest absolute Gasteiger partial charge is 0.460 e. The van der Waals surface area contributed by atoms with Gasteiger partial charge in [0.25, 0.3) is 0 Å². The van der Waals surface area contributed by atoms with E-state index < -0.39 is 85.1 Å². The van der Waals surface area contributed by atoms with E-state index in [9.17, 15) is 36.3 Å². The fraction of sp³-hybridized carbons (Fsp3) is 0.864. The van der Waals surface area contributed by atoms with E-state index in [0.29, 0.717) is 0 Å². The van der Waals surface area contributed by atoms with Crippen molar-refractivity contribution in [1.82, 2.24) is 4.90 Å². The molecule has 2 aliphatic rings. The first-order valence-electron chi connectivity index (χ1n) is 11.1. The third kappa shape index (κ3) is 7.53. The lowest BCUT2D eigenvalue weighted by Crippen LogP contribution is -2.49. The Morgan fingerprint density at radius 2 is 1.73 bits per heavy atom. The first-order chi connectivity index (χ1) is 14.9. The molecule has 0 bridgehead atoms. The molecule has 0 aromatic carbocycles. The Morgan fingerprint density at radius 1 is 1.15 bits per heavy atom. The molecule has 0 aromatic heterocycles. The van der Waals surface area contributed by atoms with E-state index >= 15 is 0 Å². The average molecular weight is 485 g/mol. The smallest absolute Gasteiger partial charge is 0.416 e. The molecule has 2 amide bonds. The Morgan fingerprint density at radius 3 is 2.18 bits per heavy atom. The number of esters is 1. The number of carbonyl (C=O) groups is 3. The van der Waals surface area contributed by atoms with E-state index in [2.05, 4.69) is 0 Å². The second-order valence-corrected chi connectivity index (χ2v) is 10.4. The topological polar surface area (TPSA) is 72.9 Å². The number of ether oxygens (including phenoxy) is 2. The molecule has 11 heteroatoms. The van der Waals surface area contributed by atoms with Gasteiger partial charge in [-0.25, -0.2) is 18.5 Å². The van der Waals surface area contributed by atoms with Gasteiger partial charge in [0.15, 0.2) is 0 Å². The predicted molar refractivity (Wildman–Crippen MR) is 107 cm³/mol. The Balaban J connectivity index is 2.39. The molecule has 3 atom stereocenters. The van der Waals surface area contributed by atoms with E-state index in [4.69, 9.17) is 9.47 Å². The molecule has 1 saturated carbocycles. The molecule has 0 radical (unpaired) electrons. The van der Waals surface area contributed by atoms with Crippen molar-refractivity contribution in [3.05, 3.63) is 0 Å². The SMILES string of the molecule is CC(C)[C@H]1COC(=O)N1C(=O)[C@H](CCC(F)(F)F)[C@H](CC1CC(F)(F)C1)C(=O)OC(C)(C)C. The van der Waals surface area contributed by atoms with Crippen molar-refractivity contribution in [2.45, 2.75) is 90.5 Å². The summed E-state index contributed by atoms with van der Waals surface area (Å²) in [5.41, 5.74) is -1.01. The molecule has 0 aromatic rings. The summed E-state index contributed by atoms with van der Waals surface area (Å²) in [6, 6.07) is -0.703. The van der Waals surface area contributed by atoms with Crippen LogP contribution in [0.4, 0.5) is 26.7 Å². The monoisotopic (exact) mass is 485 g/mol. The van der Waals surface area contributed by atoms with Gasteiger partial charge in [-0.2, -0.15) is 13.2 Å². The number of alkyl halides is 5. The normalized spacial score (nSPS) is 23.2. The average Bonchev–Trinajstić information content (AvgIpc) is 2.98. The molecule has 6 nitrogen and oxygen atoms in total. The van der Waals surface area contributed by atoms with Crippen LogP contribution in [-0.4, -0.2) is 53.2 Å². The molecule has 0 unspecified atom stereocenters. The van der Waals surface area contributed by atoms with Crippen LogP contribution in [0.15, 0.2) is 0 Å². The zero-order chi connectivity index (χ0) is 25.4. The summed E-state index contributed by atoms with van der Waals surface area (Å²) in [6.07, 6.45) is -9.03. The molecule has 1 aliphatic carbocycles. The molecule has 0 spiro atoms. The second kappa shape index (κ2) is 9.74. The van der Waals surface area contributed by atoms with Crippen LogP contribution in [0.5, 0.6) is 0 Å². The molecular weight excluding hydrogens is 453 g/mol. The van der Waals surface area contributed by atoms with Crippen LogP contribution in [-0.2, 0) is 19.1 Å². The highest BCUT2D eigenvalue weighted by Crippen LogP contribution is 2.47. The standard InChI is InChI=1S/C22H32F5NO5/c1-12(2)16-11-32-19(31)28(16)17(29)14(6-7-22(25,26)27)15(18(30)33-20(3,4)5)8-13-9-21(23,24)10-13/h12-16H,6-11H2,1-5H3/t14-,15+,16-/m1/s1. The van der Waals surface area contributed by atoms with Crippen LogP contribution in [0.2, 0.25) is 0 Å². The van der Waals surface area contributed by atoms with Gasteiger partial charge in [-0.05, 0) is 45.4 Å². The number of nitrogens with zero attached hydrogens (tertiary/aromatic N) is 1. The quantitative estimate of drug-likeness (QED) is 0.343. The van der Waals surface area contributed by atoms with Crippen molar-refractivity contribution in [3.63, 3.8) is 0 Å². The summed E-state index contributed by atoms with van der Waals surface area (Å²) < 4.78 is 76.4. The van der Waals surface area contributed by atoms with Crippen LogP contribution in [0.3, 0.4) is 0 Å². The van der Waals surface area contributed by atoms with Crippen molar-refractivity contribution < 1.29 is 45.8 Å². The number of cyclic esters (lactones) is 1. The number of amides is 2. The minimum atomic E-state index is -4.62. The summed E-state index contributed by atoms with van der Waals surface area (Å²) in [4.78, 5) is 39.5. The van der Waals surface area contributed by atoms with Crippen LogP contribution >= 0.6 is 0 Å². The Kier molecular flexibility index (Phi) is 8.06. The molecule has 33 heavy (non-hydrogen) atoms. The molecule has 1 aliphatic heterocycles. The zero-order valence-corrected chi connectivity index (χ0v) is 19.5. The van der Waals surface area contributed by atoms with Crippen LogP contribution in [0.25, 0.3) is 0 Å². The summed E-state index contributed by atoms with van der Waals surface area (Å²) in [5.74, 6) is -8.67. The van der Waals surface area contributed by atoms with E-state index in [0.717, 1.165) is 4.90 Å². The van der Waals surface area contributed by atoms with Gasteiger partial charge < -0.3 is 9.47 Å². The molecule has 0 N–H and O–H groups in total. The van der Waals surface area contributed by atoms with Crippen molar-refractivity contribution in [2.75, 3.05) is 6.61 Å². The van der Waals surface area contributed by atoms with Gasteiger partial charge in [0.05, 0.1) is 17.9 Å². The van der Waals surface area contributed by atoms with Crippen LogP contribution in [0.1, 0.15) is 66.7 Å². The van der Waals surface area contributed by atoms with E-state index in [-0.39, 0.29) is 18.9 Å². The van der Waals surface area contributed by atoms with Crippen LogP contribution < -0.4 is 0 Å². The molecule has 1 saturated heterocycles. The first kappa shape index (κ1) is 27.3. The lowest BCUT2D eigenvalue weighted by atomic mass is 9.72. The predicted octanol–water partition coefficient (Wildman–Crippen LogP) is 5.34. The summed E-state index contributed by atoms with van der Waals surface area (Å²) in [5, 5.41) is 0. The highest BCUT2D eigenvalue weighted by Gasteiger charge is 2.51. The fourth-order valence-electron chi connectivity index (χ4n) is 4.29. The third-order valence-corrected chi connectivity index (χ3v) is 5.93. The lowest BCUT2D eigenvalue weighted by Gasteiger charge is -2.39. The number of halogens is 5. The van der Waals surface area contributed by atoms with Gasteiger partial charge in [0.1, 0.15) is 12.2 Å². The van der Waals surface area contributed by atoms with Crippen molar-refractivity contribution in [3.8, 4) is 0 Å². The van der Waals surface area contributed by atoms with E-state index in [1.54, 1.807) is 34.6 Å². The molecule has 190 valence electrons. The maximum absolute atomic E-state index is 13.4. The van der Waals surface area contributed by atoms with Gasteiger partial charge in [0, 0.05) is 19.3 Å². The Labute approximate surface area is 190 Å². The number of imide groups is 1. The number of rotatable bonds is 8. The van der Waals surface area contributed by atoms with Gasteiger partial charge >= 0.3 is 18.2 Å². The molecular formula is C22H32F5NO5. The van der Waals surface area contributed by atoms with Gasteiger partial charge in [0.2, 0.25) is 11.8 Å². The summed E-state index contributed by atoms with van der Waals surface area (Å²) in [6.45, 7) is 7.99. The Hall–Kier alpha value is -1.94. The summed E-state index contributed by atoms with van der Waals surface area (Å²) >= 11 is 0. The van der Waals surface area contributed by atoms with E-state index in [1.165, 1.54) is 0 Å². The molecule has 2 rings (SSSR count). The van der Waals surface area contributed by atoms with Gasteiger partial charge in [-0.1, -0.05) is 13.8 Å². The zero-order valence-electron chi connectivity index (χ0n) is 19.5. The number of carbonyl (C=O) groups excluding carboxylic acids is 3. The molecule has 1 heterocycles. The molecule has 2 fully saturated rings. The summed E-state index contributed by atoms with van der Waals surface area (Å²) in [7, 11) is 0. The minimum absolute atomic E-state index is 0.111. The maximum Gasteiger partial charge on any atom is 0.416 e. The van der Waals surface area contributed by atoms with Crippen molar-refractivity contribution >= 4 is 18.0 Å². The number of hydrogen-bond donors (Lipinski definition) is 0. The first-order valence-corrected chi connectivity index (χ1v) is 11.1. The maximum atomic E-state index is 13.4. The van der Waals surface area contributed by atoms with E-state index in [1.807, 2.05) is 0 Å². The minimum Gasteiger partial charge on any atom is -0.460 e. The number of hydrogen-bond acceptors (Lipinski definition) is 5. The second-order valence-electron chi connectivity index (χ2n) is 10.4.